The maximum Gasteiger partial charge on any atom is 0.317 e. The first-order valence-electron chi connectivity index (χ1n) is 50.7. The molecule has 0 radical (unpaired) electrons. The van der Waals surface area contributed by atoms with Gasteiger partial charge in [-0.3, -0.25) is 101 Å². The maximum absolute atomic E-state index is 15.5. The summed E-state index contributed by atoms with van der Waals surface area (Å²) in [6, 6.07) is -3.29. The first-order valence-corrected chi connectivity index (χ1v) is 50.7. The normalized spacial score (nSPS) is 18.2. The molecule has 53 nitrogen and oxygen atoms in total. The van der Waals surface area contributed by atoms with Crippen molar-refractivity contribution in [2.24, 2.45) is 22.9 Å². The number of tetrazole rings is 1. The number of hydrogen-bond acceptors (Lipinski definition) is 31. The summed E-state index contributed by atoms with van der Waals surface area (Å²) in [6.07, 6.45) is 14.1. The average molecular weight is 2090 g/mol. The van der Waals surface area contributed by atoms with Crippen molar-refractivity contribution in [1.29, 1.82) is 0 Å². The van der Waals surface area contributed by atoms with Gasteiger partial charge >= 0.3 is 11.9 Å². The lowest BCUT2D eigenvalue weighted by atomic mass is 10.0. The van der Waals surface area contributed by atoms with Gasteiger partial charge in [-0.05, 0) is 98.4 Å². The number of hydrogen-bond donors (Lipinski definition) is 26. The van der Waals surface area contributed by atoms with E-state index < -0.39 is 276 Å². The number of amides is 17. The van der Waals surface area contributed by atoms with Crippen molar-refractivity contribution in [1.82, 2.24) is 125 Å². The number of carboxylic acids is 2. The van der Waals surface area contributed by atoms with E-state index in [-0.39, 0.29) is 109 Å². The van der Waals surface area contributed by atoms with Crippen molar-refractivity contribution in [2.45, 2.75) is 285 Å². The third-order valence-electron chi connectivity index (χ3n) is 24.7. The summed E-state index contributed by atoms with van der Waals surface area (Å²) in [5, 5.41) is 94.1. The Morgan fingerprint density at radius 1 is 0.584 bits per heavy atom. The number of ether oxygens (including phenoxy) is 2. The second kappa shape index (κ2) is 67.7. The SMILES string of the molecule is CCCC[C@H](NC(=O)[C@H](CNC(=O)CN(CC(=O)O)CC(=O)O)NC(=O)[C@H](Cc1cnc[nH]1)NC(=O)[C@H](CCC(N)=O)NC(=O)[C@H](CO)NC(=O)CNC(=O)COCCOCCNC(=O)CCCCCCCCCCCCCCCc1nnn[nH]1)C(=O)N[C@H]1CCC(=O)NCCCC[C@@H](C(N)=O)NC(=O)[C@H](Cc2c[nH]c3ccccc23)NC(=O)[C@H](CCCNC(N)N)NC(=O)[C@@H](Cc2ccccc2)NC(=O)C2C[C@@H](O)CN2C1=O. The molecule has 5 aromatic rings. The summed E-state index contributed by atoms with van der Waals surface area (Å²) < 4.78 is 10.9. The van der Waals surface area contributed by atoms with E-state index in [0.717, 1.165) is 49.2 Å². The molecule has 30 N–H and O–H groups in total. The monoisotopic (exact) mass is 2090 g/mol. The van der Waals surface area contributed by atoms with Crippen LogP contribution in [0.1, 0.15) is 203 Å². The van der Waals surface area contributed by atoms with Gasteiger partial charge in [0.1, 0.15) is 85.2 Å². The number of rotatable bonds is 64. The molecule has 2 aromatic carbocycles. The Morgan fingerprint density at radius 3 is 1.86 bits per heavy atom. The third-order valence-corrected chi connectivity index (χ3v) is 24.7. The molecule has 0 bridgehead atoms. The fourth-order valence-corrected chi connectivity index (χ4v) is 16.7. The highest BCUT2D eigenvalue weighted by molar-refractivity contribution is 6.01. The number of primary amides is 2. The van der Waals surface area contributed by atoms with E-state index in [1.54, 1.807) is 67.7 Å². The summed E-state index contributed by atoms with van der Waals surface area (Å²) in [5.41, 5.74) is 24.9. The van der Waals surface area contributed by atoms with E-state index in [4.69, 9.17) is 32.4 Å². The van der Waals surface area contributed by atoms with Gasteiger partial charge in [0.25, 0.3) is 0 Å². The molecule has 822 valence electrons. The number of carbonyl (C=O) groups excluding carboxylic acids is 17. The second-order valence-electron chi connectivity index (χ2n) is 36.8. The minimum atomic E-state index is -2.08. The van der Waals surface area contributed by atoms with Gasteiger partial charge in [-0.15, -0.1) is 5.10 Å². The van der Waals surface area contributed by atoms with Crippen LogP contribution in [0.5, 0.6) is 0 Å². The van der Waals surface area contributed by atoms with E-state index in [0.29, 0.717) is 39.8 Å². The summed E-state index contributed by atoms with van der Waals surface area (Å²) >= 11 is 0. The van der Waals surface area contributed by atoms with Gasteiger partial charge in [0.05, 0.1) is 65.0 Å². The number of aliphatic hydroxyl groups is 2. The standard InChI is InChI=1S/C96H148N28O25/c1-2-3-28-66(86(138)114-69-35-37-79(129)102-38-23-22-30-65(85(98)137)110-90(142)71(45-60-48-105-64-29-21-20-27-63(60)64)115-87(139)67(31-24-39-104-96(99)100)111-89(141)70(44-59-25-16-15-17-26-59)117-94(146)75-47-62(126)52-124(75)95(69)147)112-92(144)73(50-106-81(131)53-123(54-83(133)134)55-84(135)136)118-91(143)72(46-61-49-101-58-108-61)116-88(140)68(34-36-76(97)127)113-93(145)74(56-125)109-80(130)51-107-82(132)57-149-43-42-148-41-40-103-78(128)33-19-14-12-10-8-6-4-5-7-9-11-13-18-32-77-119-121-122-120-77/h15-17,20-21,25-27,29,48-49,58,62,65-75,96,104-105,125-126H,2-14,18-19,22-24,28,30-47,50-57,99-100H2,1H3,(H2,97,127)(H2,98,137)(H,101,108)(H,102,129)(H,103,128)(H,106,131)(H,107,132)(H,109,130)(H,110,142)(H,111,141)(H,112,144)(H,113,145)(H,114,138)(H,115,139)(H,116,140)(H,117,146)(H,118,143)(H,133,134)(H,135,136)(H,119,120,121,122)/t62-,65+,66+,67+,68+,69+,70-,71+,72+,73+,74+,75?/m1/s1. The fourth-order valence-electron chi connectivity index (χ4n) is 16.7. The van der Waals surface area contributed by atoms with Crippen molar-refractivity contribution in [3.8, 4) is 0 Å². The number of H-pyrrole nitrogens is 3. The Morgan fingerprint density at radius 2 is 1.20 bits per heavy atom. The van der Waals surface area contributed by atoms with Crippen molar-refractivity contribution >= 4 is 123 Å². The Labute approximate surface area is 861 Å². The number of unbranched alkanes of at least 4 members (excludes halogenated alkanes) is 13. The Kier molecular flexibility index (Phi) is 55.3. The number of carboxylic acid groups (broad SMARTS) is 2. The van der Waals surface area contributed by atoms with Gasteiger partial charge in [0, 0.05) is 107 Å². The molecule has 12 atom stereocenters. The fraction of sp³-hybridized carbons (Fsp3) is 0.615. The van der Waals surface area contributed by atoms with Crippen molar-refractivity contribution < 1.29 is 121 Å². The first kappa shape index (κ1) is 122. The molecular formula is C96H148N28O25. The highest BCUT2D eigenvalue weighted by Crippen LogP contribution is 2.25. The number of imidazole rings is 1. The largest absolute Gasteiger partial charge is 0.480 e. The Bertz CT molecular complexity index is 5080. The zero-order chi connectivity index (χ0) is 108. The molecule has 1 unspecified atom stereocenters. The molecule has 7 rings (SSSR count). The topological polar surface area (TPSA) is 814 Å². The smallest absolute Gasteiger partial charge is 0.317 e. The predicted octanol–water partition coefficient (Wildman–Crippen LogP) is -5.62. The average Bonchev–Trinajstić information content (AvgIpc) is 1.69. The number of benzene rings is 2. The van der Waals surface area contributed by atoms with E-state index in [1.165, 1.54) is 63.9 Å². The van der Waals surface area contributed by atoms with Crippen LogP contribution in [0.25, 0.3) is 10.9 Å². The van der Waals surface area contributed by atoms with Crippen molar-refractivity contribution in [2.75, 3.05) is 91.9 Å². The highest BCUT2D eigenvalue weighted by atomic mass is 16.5. The Hall–Kier alpha value is -14.1. The van der Waals surface area contributed by atoms with Crippen LogP contribution in [-0.2, 0) is 126 Å². The van der Waals surface area contributed by atoms with Crippen LogP contribution < -0.4 is 103 Å². The van der Waals surface area contributed by atoms with Gasteiger partial charge < -0.3 is 142 Å². The van der Waals surface area contributed by atoms with Gasteiger partial charge in [0.15, 0.2) is 0 Å². The number of aromatic nitrogens is 7. The van der Waals surface area contributed by atoms with Gasteiger partial charge in [-0.1, -0.05) is 139 Å². The molecule has 5 heterocycles. The highest BCUT2D eigenvalue weighted by Gasteiger charge is 2.45. The number of aliphatic carboxylic acids is 2. The minimum absolute atomic E-state index is 0.0496. The molecule has 2 aliphatic rings. The molecule has 53 heteroatoms. The zero-order valence-electron chi connectivity index (χ0n) is 84.1. The number of fused-ring (bicyclic) bond motifs is 2. The van der Waals surface area contributed by atoms with E-state index >= 15 is 28.8 Å². The lowest BCUT2D eigenvalue weighted by molar-refractivity contribution is -0.143. The van der Waals surface area contributed by atoms with Gasteiger partial charge in [-0.2, -0.15) is 0 Å². The van der Waals surface area contributed by atoms with Crippen LogP contribution in [0.4, 0.5) is 0 Å². The van der Waals surface area contributed by atoms with Crippen molar-refractivity contribution in [3.05, 3.63) is 96.0 Å². The Balaban J connectivity index is 1.03. The molecule has 0 aliphatic carbocycles. The molecule has 2 saturated heterocycles. The molecule has 17 amide bonds. The van der Waals surface area contributed by atoms with Crippen LogP contribution in [0.2, 0.25) is 0 Å². The maximum atomic E-state index is 15.5. The quantitative estimate of drug-likeness (QED) is 0.0127. The molecule has 0 spiro atoms. The lowest BCUT2D eigenvalue weighted by Crippen LogP contribution is -2.62. The summed E-state index contributed by atoms with van der Waals surface area (Å²) in [5.74, 6) is -19.0. The van der Waals surface area contributed by atoms with Crippen LogP contribution in [-0.4, -0.2) is 349 Å². The van der Waals surface area contributed by atoms with Crippen LogP contribution in [0, 0.1) is 0 Å². The van der Waals surface area contributed by atoms with E-state index in [1.807, 2.05) is 0 Å². The predicted molar refractivity (Wildman–Crippen MR) is 534 cm³/mol. The van der Waals surface area contributed by atoms with Crippen LogP contribution in [0.15, 0.2) is 73.3 Å². The molecular weight excluding hydrogens is 1950 g/mol. The number of nitrogens with one attached hydrogen (secondary N) is 18. The van der Waals surface area contributed by atoms with Gasteiger partial charge in [0.2, 0.25) is 100 Å². The number of aliphatic hydroxyl groups excluding tert-OH is 2. The lowest BCUT2D eigenvalue weighted by Gasteiger charge is -2.31. The number of para-hydroxylation sites is 1. The van der Waals surface area contributed by atoms with Crippen LogP contribution >= 0.6 is 0 Å². The minimum Gasteiger partial charge on any atom is -0.480 e. The molecule has 2 fully saturated rings. The van der Waals surface area contributed by atoms with Gasteiger partial charge in [-0.25, -0.2) is 10.1 Å². The summed E-state index contributed by atoms with van der Waals surface area (Å²) in [4.78, 5) is 277. The van der Waals surface area contributed by atoms with E-state index in [2.05, 4.69) is 115 Å². The molecule has 0 saturated carbocycles. The molecule has 3 aromatic heterocycles. The summed E-state index contributed by atoms with van der Waals surface area (Å²) in [7, 11) is 0. The molecule has 149 heavy (non-hydrogen) atoms. The molecule has 2 aliphatic heterocycles. The van der Waals surface area contributed by atoms with E-state index in [9.17, 15) is 82.8 Å². The number of aryl methyl sites for hydroxylation is 1. The number of carbonyl (C=O) groups is 19. The second-order valence-corrected chi connectivity index (χ2v) is 36.8. The number of nitrogens with two attached hydrogens (primary N) is 4. The number of aromatic amines is 3. The van der Waals surface area contributed by atoms with Crippen molar-refractivity contribution in [3.63, 3.8) is 0 Å². The first-order chi connectivity index (χ1) is 71.6. The number of nitrogens with zero attached hydrogens (tertiary/aromatic N) is 6. The third kappa shape index (κ3) is 47.3. The zero-order valence-corrected chi connectivity index (χ0v) is 84.1. The van der Waals surface area contributed by atoms with Crippen LogP contribution in [0.3, 0.4) is 0 Å². The summed E-state index contributed by atoms with van der Waals surface area (Å²) in [6.45, 7) is -4.73.